The highest BCUT2D eigenvalue weighted by Gasteiger charge is 2.27. The topological polar surface area (TPSA) is 56.8 Å². The van der Waals surface area contributed by atoms with Gasteiger partial charge in [0, 0.05) is 6.54 Å². The SMILES string of the molecule is CCOC(=O)[C@H]1Cc2cc3c(cc2CN1)OCO3. The predicted molar refractivity (Wildman–Crippen MR) is 63.5 cm³/mol. The summed E-state index contributed by atoms with van der Waals surface area (Å²) in [4.78, 5) is 11.7. The molecule has 1 atom stereocenters. The fraction of sp³-hybridized carbons (Fsp3) is 0.462. The molecule has 0 radical (unpaired) electrons. The van der Waals surface area contributed by atoms with Gasteiger partial charge in [0.1, 0.15) is 6.04 Å². The number of hydrogen-bond acceptors (Lipinski definition) is 5. The van der Waals surface area contributed by atoms with Gasteiger partial charge in [-0.15, -0.1) is 0 Å². The average Bonchev–Trinajstić information content (AvgIpc) is 2.82. The molecular weight excluding hydrogens is 234 g/mol. The molecule has 2 aliphatic heterocycles. The van der Waals surface area contributed by atoms with Gasteiger partial charge < -0.3 is 19.5 Å². The second kappa shape index (κ2) is 4.49. The van der Waals surface area contributed by atoms with Crippen molar-refractivity contribution in [2.75, 3.05) is 13.4 Å². The summed E-state index contributed by atoms with van der Waals surface area (Å²) < 4.78 is 15.7. The zero-order valence-corrected chi connectivity index (χ0v) is 10.2. The van der Waals surface area contributed by atoms with E-state index in [0.717, 1.165) is 22.6 Å². The molecule has 1 aromatic rings. The number of hydrogen-bond donors (Lipinski definition) is 1. The standard InChI is InChI=1S/C13H15NO4/c1-2-16-13(15)10-3-8-4-11-12(18-7-17-11)5-9(8)6-14-10/h4-5,10,14H,2-3,6-7H2,1H3/t10-/m1/s1. The van der Waals surface area contributed by atoms with E-state index in [1.807, 2.05) is 19.1 Å². The lowest BCUT2D eigenvalue weighted by atomic mass is 9.95. The Labute approximate surface area is 105 Å². The van der Waals surface area contributed by atoms with Gasteiger partial charge in [-0.25, -0.2) is 0 Å². The summed E-state index contributed by atoms with van der Waals surface area (Å²) in [5.41, 5.74) is 2.27. The van der Waals surface area contributed by atoms with Crippen molar-refractivity contribution in [3.05, 3.63) is 23.3 Å². The smallest absolute Gasteiger partial charge is 0.323 e. The molecule has 0 amide bonds. The lowest BCUT2D eigenvalue weighted by Gasteiger charge is -2.24. The van der Waals surface area contributed by atoms with Gasteiger partial charge in [0.15, 0.2) is 11.5 Å². The van der Waals surface area contributed by atoms with Crippen LogP contribution in [0.2, 0.25) is 0 Å². The maximum Gasteiger partial charge on any atom is 0.323 e. The van der Waals surface area contributed by atoms with E-state index in [4.69, 9.17) is 14.2 Å². The number of carbonyl (C=O) groups is 1. The first-order chi connectivity index (χ1) is 8.78. The van der Waals surface area contributed by atoms with Crippen LogP contribution in [0.1, 0.15) is 18.1 Å². The summed E-state index contributed by atoms with van der Waals surface area (Å²) in [7, 11) is 0. The van der Waals surface area contributed by atoms with Crippen molar-refractivity contribution in [1.82, 2.24) is 5.32 Å². The molecule has 96 valence electrons. The molecule has 1 N–H and O–H groups in total. The van der Waals surface area contributed by atoms with E-state index in [-0.39, 0.29) is 18.8 Å². The Bertz CT molecular complexity index is 486. The quantitative estimate of drug-likeness (QED) is 0.792. The van der Waals surface area contributed by atoms with Gasteiger partial charge in [0.05, 0.1) is 6.61 Å². The molecule has 3 rings (SSSR count). The van der Waals surface area contributed by atoms with Gasteiger partial charge in [-0.3, -0.25) is 4.79 Å². The Morgan fingerprint density at radius 3 is 2.83 bits per heavy atom. The molecule has 0 bridgehead atoms. The van der Waals surface area contributed by atoms with E-state index in [9.17, 15) is 4.79 Å². The largest absolute Gasteiger partial charge is 0.465 e. The molecule has 2 heterocycles. The van der Waals surface area contributed by atoms with E-state index < -0.39 is 0 Å². The molecule has 18 heavy (non-hydrogen) atoms. The number of esters is 1. The molecule has 0 unspecified atom stereocenters. The van der Waals surface area contributed by atoms with Crippen LogP contribution in [0.25, 0.3) is 0 Å². The lowest BCUT2D eigenvalue weighted by molar-refractivity contribution is -0.145. The van der Waals surface area contributed by atoms with E-state index in [0.29, 0.717) is 19.6 Å². The van der Waals surface area contributed by atoms with Crippen molar-refractivity contribution >= 4 is 5.97 Å². The monoisotopic (exact) mass is 249 g/mol. The Hall–Kier alpha value is -1.75. The lowest BCUT2D eigenvalue weighted by Crippen LogP contribution is -2.42. The van der Waals surface area contributed by atoms with Crippen molar-refractivity contribution in [2.24, 2.45) is 0 Å². The summed E-state index contributed by atoms with van der Waals surface area (Å²) in [6, 6.07) is 3.68. The first kappa shape index (κ1) is 11.3. The number of fused-ring (bicyclic) bond motifs is 2. The first-order valence-corrected chi connectivity index (χ1v) is 6.09. The summed E-state index contributed by atoms with van der Waals surface area (Å²) in [5.74, 6) is 1.35. The third kappa shape index (κ3) is 1.90. The van der Waals surface area contributed by atoms with Crippen LogP contribution in [0.4, 0.5) is 0 Å². The van der Waals surface area contributed by atoms with Crippen LogP contribution in [0.15, 0.2) is 12.1 Å². The molecule has 0 fully saturated rings. The molecule has 0 aromatic heterocycles. The zero-order valence-electron chi connectivity index (χ0n) is 10.2. The van der Waals surface area contributed by atoms with Crippen LogP contribution in [0, 0.1) is 0 Å². The minimum absolute atomic E-state index is 0.194. The van der Waals surface area contributed by atoms with Crippen LogP contribution < -0.4 is 14.8 Å². The van der Waals surface area contributed by atoms with Crippen molar-refractivity contribution < 1.29 is 19.0 Å². The summed E-state index contributed by atoms with van der Waals surface area (Å²) in [6.07, 6.45) is 0.630. The van der Waals surface area contributed by atoms with Crippen molar-refractivity contribution in [3.8, 4) is 11.5 Å². The second-order valence-corrected chi connectivity index (χ2v) is 4.36. The Morgan fingerprint density at radius 2 is 2.11 bits per heavy atom. The maximum absolute atomic E-state index is 11.7. The maximum atomic E-state index is 11.7. The van der Waals surface area contributed by atoms with E-state index in [1.54, 1.807) is 0 Å². The fourth-order valence-electron chi connectivity index (χ4n) is 2.32. The molecule has 0 aliphatic carbocycles. The summed E-state index contributed by atoms with van der Waals surface area (Å²) >= 11 is 0. The van der Waals surface area contributed by atoms with Crippen LogP contribution in [-0.4, -0.2) is 25.4 Å². The van der Waals surface area contributed by atoms with Gasteiger partial charge >= 0.3 is 5.97 Å². The summed E-state index contributed by atoms with van der Waals surface area (Å²) in [6.45, 7) is 3.14. The van der Waals surface area contributed by atoms with Gasteiger partial charge in [-0.1, -0.05) is 0 Å². The fourth-order valence-corrected chi connectivity index (χ4v) is 2.32. The number of ether oxygens (including phenoxy) is 3. The highest BCUT2D eigenvalue weighted by atomic mass is 16.7. The highest BCUT2D eigenvalue weighted by molar-refractivity contribution is 5.76. The normalized spacial score (nSPS) is 20.4. The van der Waals surface area contributed by atoms with Crippen LogP contribution >= 0.6 is 0 Å². The Balaban J connectivity index is 1.82. The Morgan fingerprint density at radius 1 is 1.39 bits per heavy atom. The Kier molecular flexibility index (Phi) is 2.83. The highest BCUT2D eigenvalue weighted by Crippen LogP contribution is 2.36. The molecule has 5 heteroatoms. The number of carbonyl (C=O) groups excluding carboxylic acids is 1. The minimum atomic E-state index is -0.266. The van der Waals surface area contributed by atoms with Gasteiger partial charge in [-0.05, 0) is 36.6 Å². The van der Waals surface area contributed by atoms with Gasteiger partial charge in [-0.2, -0.15) is 0 Å². The van der Waals surface area contributed by atoms with Crippen LogP contribution in [0.5, 0.6) is 11.5 Å². The third-order valence-electron chi connectivity index (χ3n) is 3.23. The number of rotatable bonds is 2. The van der Waals surface area contributed by atoms with Crippen LogP contribution in [-0.2, 0) is 22.5 Å². The minimum Gasteiger partial charge on any atom is -0.465 e. The van der Waals surface area contributed by atoms with Gasteiger partial charge in [0.2, 0.25) is 6.79 Å². The molecule has 2 aliphatic rings. The molecule has 0 saturated heterocycles. The van der Waals surface area contributed by atoms with Crippen LogP contribution in [0.3, 0.4) is 0 Å². The second-order valence-electron chi connectivity index (χ2n) is 4.36. The van der Waals surface area contributed by atoms with E-state index in [1.165, 1.54) is 0 Å². The van der Waals surface area contributed by atoms with Crippen molar-refractivity contribution in [2.45, 2.75) is 25.9 Å². The third-order valence-corrected chi connectivity index (χ3v) is 3.23. The molecular formula is C13H15NO4. The number of nitrogens with one attached hydrogen (secondary N) is 1. The van der Waals surface area contributed by atoms with E-state index in [2.05, 4.69) is 5.32 Å². The van der Waals surface area contributed by atoms with Crippen molar-refractivity contribution in [1.29, 1.82) is 0 Å². The molecule has 5 nitrogen and oxygen atoms in total. The number of benzene rings is 1. The van der Waals surface area contributed by atoms with Crippen molar-refractivity contribution in [3.63, 3.8) is 0 Å². The summed E-state index contributed by atoms with van der Waals surface area (Å²) in [5, 5.41) is 3.18. The van der Waals surface area contributed by atoms with E-state index >= 15 is 0 Å². The van der Waals surface area contributed by atoms with Gasteiger partial charge in [0.25, 0.3) is 0 Å². The average molecular weight is 249 g/mol. The first-order valence-electron chi connectivity index (χ1n) is 6.09. The molecule has 0 saturated carbocycles. The molecule has 1 aromatic carbocycles. The zero-order chi connectivity index (χ0) is 12.5. The molecule has 0 spiro atoms. The predicted octanol–water partition coefficient (Wildman–Crippen LogP) is 0.993.